The Morgan fingerprint density at radius 2 is 1.91 bits per heavy atom. The highest BCUT2D eigenvalue weighted by Gasteiger charge is 2.48. The molecule has 0 radical (unpaired) electrons. The number of piperidine rings is 2. The molecular formula is C34H44BFN6O4. The summed E-state index contributed by atoms with van der Waals surface area (Å²) < 4.78 is 13.9. The van der Waals surface area contributed by atoms with E-state index in [1.807, 2.05) is 21.8 Å². The average molecular weight is 631 g/mol. The molecule has 1 aromatic heterocycles. The second-order valence-electron chi connectivity index (χ2n) is 13.5. The Bertz CT molecular complexity index is 1600. The summed E-state index contributed by atoms with van der Waals surface area (Å²) in [6, 6.07) is 11.3. The summed E-state index contributed by atoms with van der Waals surface area (Å²) in [5.74, 6) is -0.605. The van der Waals surface area contributed by atoms with Crippen LogP contribution in [-0.4, -0.2) is 102 Å². The van der Waals surface area contributed by atoms with Crippen LogP contribution in [0.15, 0.2) is 48.7 Å². The van der Waals surface area contributed by atoms with Gasteiger partial charge in [0, 0.05) is 68.7 Å². The number of rotatable bonds is 7. The van der Waals surface area contributed by atoms with Gasteiger partial charge in [-0.3, -0.25) is 9.59 Å². The van der Waals surface area contributed by atoms with Crippen LogP contribution in [0.3, 0.4) is 0 Å². The van der Waals surface area contributed by atoms with E-state index in [9.17, 15) is 23.8 Å². The first-order valence-electron chi connectivity index (χ1n) is 16.4. The number of halogens is 1. The number of aromatic amines is 1. The predicted octanol–water partition coefficient (Wildman–Crippen LogP) is 3.23. The lowest BCUT2D eigenvalue weighted by atomic mass is 9.73. The zero-order chi connectivity index (χ0) is 32.6. The first-order valence-corrected chi connectivity index (χ1v) is 16.4. The maximum atomic E-state index is 14.2. The number of carbonyl (C=O) groups excluding carboxylic acids is 3. The van der Waals surface area contributed by atoms with Gasteiger partial charge >= 0.3 is 13.1 Å². The lowest BCUT2D eigenvalue weighted by Crippen LogP contribution is -2.58. The Morgan fingerprint density at radius 1 is 1.15 bits per heavy atom. The molecule has 6 rings (SSSR count). The number of amides is 4. The van der Waals surface area contributed by atoms with Gasteiger partial charge in [-0.05, 0) is 80.4 Å². The number of nitrogens with zero attached hydrogens (tertiary/aromatic N) is 3. The van der Waals surface area contributed by atoms with Gasteiger partial charge in [-0.2, -0.15) is 0 Å². The monoisotopic (exact) mass is 630 g/mol. The Balaban J connectivity index is 1.19. The molecule has 2 aliphatic heterocycles. The van der Waals surface area contributed by atoms with Crippen molar-refractivity contribution in [1.82, 2.24) is 30.2 Å². The Labute approximate surface area is 269 Å². The fraction of sp³-hybridized carbons (Fsp3) is 0.500. The second kappa shape index (κ2) is 13.1. The third-order valence-corrected chi connectivity index (χ3v) is 10.3. The fourth-order valence-corrected chi connectivity index (χ4v) is 7.87. The van der Waals surface area contributed by atoms with Crippen LogP contribution in [0.4, 0.5) is 9.18 Å². The molecule has 12 heteroatoms. The maximum absolute atomic E-state index is 14.2. The second-order valence-corrected chi connectivity index (χ2v) is 13.5. The number of aromatic nitrogens is 1. The smallest absolute Gasteiger partial charge is 0.376 e. The van der Waals surface area contributed by atoms with Gasteiger partial charge in [-0.1, -0.05) is 24.3 Å². The lowest BCUT2D eigenvalue weighted by Gasteiger charge is -2.41. The van der Waals surface area contributed by atoms with Crippen molar-refractivity contribution >= 4 is 35.8 Å². The summed E-state index contributed by atoms with van der Waals surface area (Å²) in [6.45, 7) is 4.05. The van der Waals surface area contributed by atoms with Gasteiger partial charge in [0.25, 0.3) is 0 Å². The fourth-order valence-electron chi connectivity index (χ4n) is 7.87. The van der Waals surface area contributed by atoms with Crippen LogP contribution in [-0.2, 0) is 21.4 Å². The molecule has 3 aromatic rings. The van der Waals surface area contributed by atoms with E-state index >= 15 is 0 Å². The van der Waals surface area contributed by atoms with Gasteiger partial charge < -0.3 is 35.3 Å². The molecule has 2 aromatic carbocycles. The number of hydrogen-bond acceptors (Lipinski definition) is 5. The van der Waals surface area contributed by atoms with Gasteiger partial charge in [0.2, 0.25) is 11.8 Å². The quantitative estimate of drug-likeness (QED) is 0.299. The number of fused-ring (bicyclic) bond motifs is 3. The minimum Gasteiger partial charge on any atom is -0.437 e. The van der Waals surface area contributed by atoms with Crippen molar-refractivity contribution in [3.63, 3.8) is 0 Å². The summed E-state index contributed by atoms with van der Waals surface area (Å²) in [5.41, 5.74) is 3.57. The predicted molar refractivity (Wildman–Crippen MR) is 176 cm³/mol. The van der Waals surface area contributed by atoms with Gasteiger partial charge in [-0.25, -0.2) is 9.18 Å². The maximum Gasteiger partial charge on any atom is 0.376 e. The number of H-pyrrole nitrogens is 1. The first-order chi connectivity index (χ1) is 22.0. The largest absolute Gasteiger partial charge is 0.437 e. The van der Waals surface area contributed by atoms with Gasteiger partial charge in [0.15, 0.2) is 0 Å². The Kier molecular flexibility index (Phi) is 9.11. The molecular weight excluding hydrogens is 586 g/mol. The molecule has 2 unspecified atom stereocenters. The minimum absolute atomic E-state index is 0.103. The molecule has 0 saturated carbocycles. The highest BCUT2D eigenvalue weighted by molar-refractivity contribution is 6.45. The molecule has 0 bridgehead atoms. The standard InChI is InChI=1S/C34H44BFN6O4/c1-35(46)42-14-6-7-24(21-42)38-33(45)39-30(17-22-20-37-29-18-23(36)10-11-25(22)29)32(44)41-15-12-34(13-16-41)19-27(31(43)40(2)3)26-8-4-5-9-28(26)34/h4-5,8-11,18,20,24,27,30,37,46H,6-7,12-17,19,21H2,1-3H3,(H2,38,39,45)/t24?,27-,30?/m1/s1. The number of hydrogen-bond donors (Lipinski definition) is 4. The van der Waals surface area contributed by atoms with E-state index < -0.39 is 19.1 Å². The molecule has 1 spiro atoms. The first kappa shape index (κ1) is 32.1. The molecule has 1 aliphatic carbocycles. The van der Waals surface area contributed by atoms with Crippen LogP contribution in [0.1, 0.15) is 54.7 Å². The molecule has 10 nitrogen and oxygen atoms in total. The summed E-state index contributed by atoms with van der Waals surface area (Å²) in [6.07, 6.45) is 5.84. The van der Waals surface area contributed by atoms with E-state index in [-0.39, 0.29) is 41.4 Å². The Morgan fingerprint density at radius 3 is 2.65 bits per heavy atom. The van der Waals surface area contributed by atoms with Gasteiger partial charge in [0.1, 0.15) is 11.9 Å². The molecule has 4 amide bonds. The van der Waals surface area contributed by atoms with Crippen molar-refractivity contribution in [1.29, 1.82) is 0 Å². The number of likely N-dealkylation sites (N-methyl/N-ethyl adjacent to an activating group) is 1. The summed E-state index contributed by atoms with van der Waals surface area (Å²) in [7, 11) is 2.99. The van der Waals surface area contributed by atoms with Crippen LogP contribution in [0.5, 0.6) is 0 Å². The van der Waals surface area contributed by atoms with Crippen LogP contribution in [0, 0.1) is 5.82 Å². The van der Waals surface area contributed by atoms with Gasteiger partial charge in [-0.15, -0.1) is 0 Å². The zero-order valence-corrected chi connectivity index (χ0v) is 26.9. The summed E-state index contributed by atoms with van der Waals surface area (Å²) >= 11 is 0. The van der Waals surface area contributed by atoms with E-state index in [1.54, 1.807) is 38.1 Å². The van der Waals surface area contributed by atoms with Crippen LogP contribution in [0.2, 0.25) is 6.82 Å². The van der Waals surface area contributed by atoms with E-state index in [0.717, 1.165) is 55.2 Å². The lowest BCUT2D eigenvalue weighted by molar-refractivity contribution is -0.135. The molecule has 4 N–H and O–H groups in total. The average Bonchev–Trinajstić information content (AvgIpc) is 3.58. The van der Waals surface area contributed by atoms with Crippen molar-refractivity contribution in [2.75, 3.05) is 40.3 Å². The number of likely N-dealkylation sites (tertiary alicyclic amines) is 1. The molecule has 46 heavy (non-hydrogen) atoms. The van der Waals surface area contributed by atoms with E-state index in [2.05, 4.69) is 27.8 Å². The van der Waals surface area contributed by atoms with E-state index in [1.165, 1.54) is 17.7 Å². The van der Waals surface area contributed by atoms with Gasteiger partial charge in [0.05, 0.1) is 5.92 Å². The minimum atomic E-state index is -0.839. The topological polar surface area (TPSA) is 121 Å². The van der Waals surface area contributed by atoms with Crippen molar-refractivity contribution in [2.45, 2.75) is 68.8 Å². The zero-order valence-electron chi connectivity index (χ0n) is 26.9. The molecule has 3 atom stereocenters. The van der Waals surface area contributed by atoms with Crippen LogP contribution >= 0.6 is 0 Å². The SMILES string of the molecule is CB(O)N1CCCC(NC(=O)NC(Cc2c[nH]c3cc(F)ccc23)C(=O)N2CCC3(CC2)C[C@@H](C(=O)N(C)C)c2ccccc23)C1. The van der Waals surface area contributed by atoms with E-state index in [4.69, 9.17) is 0 Å². The van der Waals surface area contributed by atoms with Crippen molar-refractivity contribution in [2.24, 2.45) is 0 Å². The number of urea groups is 1. The van der Waals surface area contributed by atoms with Crippen molar-refractivity contribution in [3.05, 3.63) is 71.2 Å². The molecule has 2 saturated heterocycles. The summed E-state index contributed by atoms with van der Waals surface area (Å²) in [5, 5.41) is 16.8. The number of carbonyl (C=O) groups is 3. The third kappa shape index (κ3) is 6.37. The molecule has 244 valence electrons. The van der Waals surface area contributed by atoms with Crippen molar-refractivity contribution in [3.8, 4) is 0 Å². The Hall–Kier alpha value is -3.90. The molecule has 3 aliphatic rings. The molecule has 3 heterocycles. The highest BCUT2D eigenvalue weighted by Crippen LogP contribution is 2.52. The normalized spacial score (nSPS) is 21.5. The van der Waals surface area contributed by atoms with Crippen LogP contribution in [0.25, 0.3) is 10.9 Å². The molecule has 2 fully saturated rings. The van der Waals surface area contributed by atoms with Crippen LogP contribution < -0.4 is 10.6 Å². The summed E-state index contributed by atoms with van der Waals surface area (Å²) in [4.78, 5) is 49.2. The third-order valence-electron chi connectivity index (χ3n) is 10.3. The number of nitrogens with one attached hydrogen (secondary N) is 3. The van der Waals surface area contributed by atoms with Crippen molar-refractivity contribution < 1.29 is 23.8 Å². The number of benzene rings is 2. The highest BCUT2D eigenvalue weighted by atomic mass is 19.1. The van der Waals surface area contributed by atoms with E-state index in [0.29, 0.717) is 25.2 Å².